The third-order valence-corrected chi connectivity index (χ3v) is 5.98. The number of carbonyl (C=O) groups excluding carboxylic acids is 4. The third-order valence-electron chi connectivity index (χ3n) is 5.98. The summed E-state index contributed by atoms with van der Waals surface area (Å²) in [5.41, 5.74) is 5.12. The van der Waals surface area contributed by atoms with Gasteiger partial charge in [-0.1, -0.05) is 17.7 Å². The molecule has 0 spiro atoms. The molecule has 154 valence electrons. The number of aryl methyl sites for hydroxylation is 2. The van der Waals surface area contributed by atoms with Crippen molar-refractivity contribution in [3.63, 3.8) is 0 Å². The first-order valence-corrected chi connectivity index (χ1v) is 10.2. The Morgan fingerprint density at radius 3 is 2.31 bits per heavy atom. The molecule has 0 atom stereocenters. The van der Waals surface area contributed by atoms with E-state index in [9.17, 15) is 19.2 Å². The second kappa shape index (κ2) is 8.31. The second-order valence-electron chi connectivity index (χ2n) is 8.03. The maximum absolute atomic E-state index is 12.8. The van der Waals surface area contributed by atoms with Crippen LogP contribution in [0.4, 0.5) is 4.79 Å². The number of urea groups is 1. The number of imide groups is 2. The van der Waals surface area contributed by atoms with Crippen LogP contribution < -0.4 is 0 Å². The fraction of sp³-hybridized carbons (Fsp3) is 0.478. The Morgan fingerprint density at radius 1 is 1.00 bits per heavy atom. The van der Waals surface area contributed by atoms with E-state index in [1.807, 2.05) is 26.8 Å². The van der Waals surface area contributed by atoms with Crippen LogP contribution in [0.25, 0.3) is 0 Å². The molecule has 1 aromatic carbocycles. The molecule has 0 unspecified atom stereocenters. The average molecular weight is 396 g/mol. The lowest BCUT2D eigenvalue weighted by molar-refractivity contribution is -0.143. The molecule has 1 aliphatic carbocycles. The van der Waals surface area contributed by atoms with Gasteiger partial charge < -0.3 is 0 Å². The monoisotopic (exact) mass is 396 g/mol. The lowest BCUT2D eigenvalue weighted by Crippen LogP contribution is -2.34. The van der Waals surface area contributed by atoms with Gasteiger partial charge in [-0.15, -0.1) is 0 Å². The quantitative estimate of drug-likeness (QED) is 0.315. The molecule has 0 aromatic heterocycles. The number of carbonyl (C=O) groups is 4. The van der Waals surface area contributed by atoms with Gasteiger partial charge in [-0.3, -0.25) is 24.2 Å². The SMILES string of the molecule is CC(=O)c1c(C)cc(C)c(CN2C(=O)C(=O)N(CCC3=CCCCC3)C2=O)c1C. The second-order valence-corrected chi connectivity index (χ2v) is 8.03. The minimum atomic E-state index is -0.795. The summed E-state index contributed by atoms with van der Waals surface area (Å²) < 4.78 is 0. The van der Waals surface area contributed by atoms with Crippen molar-refractivity contribution >= 4 is 23.6 Å². The Labute approximate surface area is 171 Å². The molecule has 3 rings (SSSR count). The molecule has 4 amide bonds. The van der Waals surface area contributed by atoms with E-state index in [1.54, 1.807) is 0 Å². The predicted octanol–water partition coefficient (Wildman–Crippen LogP) is 4.00. The number of amides is 4. The van der Waals surface area contributed by atoms with Crippen LogP contribution in [0, 0.1) is 20.8 Å². The summed E-state index contributed by atoms with van der Waals surface area (Å²) in [4.78, 5) is 51.9. The van der Waals surface area contributed by atoms with Crippen molar-refractivity contribution in [2.24, 2.45) is 0 Å². The highest BCUT2D eigenvalue weighted by Gasteiger charge is 2.44. The number of benzene rings is 1. The molecular weight excluding hydrogens is 368 g/mol. The smallest absolute Gasteiger partial charge is 0.294 e. The molecule has 1 aliphatic heterocycles. The minimum Gasteiger partial charge on any atom is -0.294 e. The zero-order valence-corrected chi connectivity index (χ0v) is 17.6. The van der Waals surface area contributed by atoms with E-state index in [1.165, 1.54) is 18.9 Å². The highest BCUT2D eigenvalue weighted by atomic mass is 16.2. The van der Waals surface area contributed by atoms with Crippen LogP contribution in [0.3, 0.4) is 0 Å². The van der Waals surface area contributed by atoms with Crippen molar-refractivity contribution in [3.05, 3.63) is 45.5 Å². The molecule has 2 aliphatic rings. The van der Waals surface area contributed by atoms with E-state index in [2.05, 4.69) is 6.08 Å². The summed E-state index contributed by atoms with van der Waals surface area (Å²) in [6.07, 6.45) is 7.13. The number of hydrogen-bond donors (Lipinski definition) is 0. The van der Waals surface area contributed by atoms with Gasteiger partial charge in [0, 0.05) is 12.1 Å². The Hall–Kier alpha value is -2.76. The first-order chi connectivity index (χ1) is 13.7. The van der Waals surface area contributed by atoms with Gasteiger partial charge in [-0.05, 0) is 82.1 Å². The van der Waals surface area contributed by atoms with Crippen LogP contribution in [0.5, 0.6) is 0 Å². The van der Waals surface area contributed by atoms with E-state index in [-0.39, 0.29) is 18.9 Å². The number of allylic oxidation sites excluding steroid dienone is 1. The maximum Gasteiger partial charge on any atom is 0.334 e. The number of nitrogens with zero attached hydrogens (tertiary/aromatic N) is 2. The zero-order chi connectivity index (χ0) is 21.3. The molecule has 1 aromatic rings. The third kappa shape index (κ3) is 4.02. The van der Waals surface area contributed by atoms with E-state index in [0.717, 1.165) is 51.3 Å². The highest BCUT2D eigenvalue weighted by Crippen LogP contribution is 2.27. The van der Waals surface area contributed by atoms with Crippen LogP contribution in [0.15, 0.2) is 17.7 Å². The Bertz CT molecular complexity index is 929. The summed E-state index contributed by atoms with van der Waals surface area (Å²) in [5, 5.41) is 0. The molecule has 0 N–H and O–H groups in total. The fourth-order valence-electron chi connectivity index (χ4n) is 4.44. The van der Waals surface area contributed by atoms with Crippen molar-refractivity contribution in [2.45, 2.75) is 66.3 Å². The largest absolute Gasteiger partial charge is 0.334 e. The minimum absolute atomic E-state index is 0.000823. The van der Waals surface area contributed by atoms with Crippen LogP contribution in [0.2, 0.25) is 0 Å². The molecular formula is C23H28N2O4. The lowest BCUT2D eigenvalue weighted by Gasteiger charge is -2.21. The number of Topliss-reactive ketones (excluding diaryl/α,β-unsaturated/α-hetero) is 1. The molecule has 6 heteroatoms. The molecule has 0 bridgehead atoms. The summed E-state index contributed by atoms with van der Waals surface area (Å²) in [5.74, 6) is -1.62. The first-order valence-electron chi connectivity index (χ1n) is 10.2. The molecule has 1 heterocycles. The molecule has 1 saturated heterocycles. The molecule has 0 saturated carbocycles. The number of ketones is 1. The van der Waals surface area contributed by atoms with Gasteiger partial charge >= 0.3 is 17.8 Å². The topological polar surface area (TPSA) is 74.8 Å². The Kier molecular flexibility index (Phi) is 6.01. The van der Waals surface area contributed by atoms with Crippen molar-refractivity contribution in [3.8, 4) is 0 Å². The zero-order valence-electron chi connectivity index (χ0n) is 17.6. The fourth-order valence-corrected chi connectivity index (χ4v) is 4.44. The maximum atomic E-state index is 12.8. The van der Waals surface area contributed by atoms with Gasteiger partial charge in [0.25, 0.3) is 0 Å². The van der Waals surface area contributed by atoms with Crippen molar-refractivity contribution in [2.75, 3.05) is 6.54 Å². The van der Waals surface area contributed by atoms with Crippen LogP contribution in [-0.4, -0.2) is 40.0 Å². The van der Waals surface area contributed by atoms with Gasteiger partial charge in [0.2, 0.25) is 0 Å². The van der Waals surface area contributed by atoms with Gasteiger partial charge in [0.05, 0.1) is 6.54 Å². The van der Waals surface area contributed by atoms with Crippen LogP contribution in [0.1, 0.15) is 71.6 Å². The summed E-state index contributed by atoms with van der Waals surface area (Å²) in [6, 6.07) is 1.32. The van der Waals surface area contributed by atoms with Gasteiger partial charge in [-0.25, -0.2) is 4.79 Å². The summed E-state index contributed by atoms with van der Waals surface area (Å²) >= 11 is 0. The van der Waals surface area contributed by atoms with Gasteiger partial charge in [0.1, 0.15) is 0 Å². The Balaban J connectivity index is 1.81. The van der Waals surface area contributed by atoms with E-state index < -0.39 is 17.8 Å². The van der Waals surface area contributed by atoms with Crippen LogP contribution >= 0.6 is 0 Å². The van der Waals surface area contributed by atoms with E-state index in [4.69, 9.17) is 0 Å². The molecule has 6 nitrogen and oxygen atoms in total. The number of hydrogen-bond acceptors (Lipinski definition) is 4. The molecule has 29 heavy (non-hydrogen) atoms. The van der Waals surface area contributed by atoms with Gasteiger partial charge in [0.15, 0.2) is 5.78 Å². The van der Waals surface area contributed by atoms with Crippen molar-refractivity contribution in [1.82, 2.24) is 9.80 Å². The standard InChI is InChI=1S/C23H28N2O4/c1-14-12-15(2)20(17(4)26)16(3)19(14)13-25-22(28)21(27)24(23(25)29)11-10-18-8-6-5-7-9-18/h8,12H,5-7,9-11,13H2,1-4H3. The highest BCUT2D eigenvalue weighted by molar-refractivity contribution is 6.44. The van der Waals surface area contributed by atoms with Crippen molar-refractivity contribution in [1.29, 1.82) is 0 Å². The van der Waals surface area contributed by atoms with Crippen LogP contribution in [-0.2, 0) is 16.1 Å². The van der Waals surface area contributed by atoms with Crippen molar-refractivity contribution < 1.29 is 19.2 Å². The summed E-state index contributed by atoms with van der Waals surface area (Å²) in [7, 11) is 0. The average Bonchev–Trinajstić information content (AvgIpc) is 2.86. The van der Waals surface area contributed by atoms with E-state index >= 15 is 0 Å². The lowest BCUT2D eigenvalue weighted by atomic mass is 9.91. The van der Waals surface area contributed by atoms with E-state index in [0.29, 0.717) is 12.0 Å². The number of rotatable bonds is 6. The predicted molar refractivity (Wildman–Crippen MR) is 109 cm³/mol. The Morgan fingerprint density at radius 2 is 1.69 bits per heavy atom. The summed E-state index contributed by atoms with van der Waals surface area (Å²) in [6.45, 7) is 7.33. The van der Waals surface area contributed by atoms with Gasteiger partial charge in [-0.2, -0.15) is 0 Å². The molecule has 1 fully saturated rings. The normalized spacial score (nSPS) is 17.2. The molecule has 0 radical (unpaired) electrons. The first kappa shape index (κ1) is 21.0.